The average molecular weight is 186 g/mol. The second-order valence-corrected chi connectivity index (χ2v) is 5.80. The molecule has 1 nitrogen and oxygen atoms in total. The number of hydrogen-bond acceptors (Lipinski definition) is 2. The normalized spacial score (nSPS) is 35.2. The predicted molar refractivity (Wildman–Crippen MR) is 53.5 cm³/mol. The molecule has 0 radical (unpaired) electrons. The zero-order valence-corrected chi connectivity index (χ0v) is 8.41. The number of rotatable bonds is 0. The van der Waals surface area contributed by atoms with Gasteiger partial charge in [0.25, 0.3) is 0 Å². The minimum Gasteiger partial charge on any atom is -0.393 e. The summed E-state index contributed by atoms with van der Waals surface area (Å²) in [6.45, 7) is 0. The molecule has 0 aromatic carbocycles. The summed E-state index contributed by atoms with van der Waals surface area (Å²) in [6.07, 6.45) is 9.00. The smallest absolute Gasteiger partial charge is 0.0561 e. The summed E-state index contributed by atoms with van der Waals surface area (Å²) < 4.78 is 0.496. The van der Waals surface area contributed by atoms with Crippen molar-refractivity contribution in [3.8, 4) is 0 Å². The highest BCUT2D eigenvalue weighted by atomic mass is 32.2. The van der Waals surface area contributed by atoms with Crippen LogP contribution in [0.15, 0.2) is 0 Å². The molecule has 1 saturated heterocycles. The lowest BCUT2D eigenvalue weighted by atomic mass is 9.83. The fraction of sp³-hybridized carbons (Fsp3) is 1.00. The summed E-state index contributed by atoms with van der Waals surface area (Å²) in [5.41, 5.74) is 0. The van der Waals surface area contributed by atoms with Crippen LogP contribution in [-0.2, 0) is 0 Å². The van der Waals surface area contributed by atoms with Gasteiger partial charge in [-0.2, -0.15) is 11.8 Å². The Bertz CT molecular complexity index is 146. The Balaban J connectivity index is 1.97. The van der Waals surface area contributed by atoms with E-state index in [1.165, 1.54) is 37.9 Å². The van der Waals surface area contributed by atoms with Gasteiger partial charge in [0, 0.05) is 4.75 Å². The first-order chi connectivity index (χ1) is 5.81. The van der Waals surface area contributed by atoms with Crippen LogP contribution in [0, 0.1) is 0 Å². The Morgan fingerprint density at radius 2 is 1.92 bits per heavy atom. The fourth-order valence-corrected chi connectivity index (χ4v) is 4.26. The van der Waals surface area contributed by atoms with Crippen molar-refractivity contribution in [2.75, 3.05) is 5.75 Å². The van der Waals surface area contributed by atoms with Gasteiger partial charge in [0.2, 0.25) is 0 Å². The summed E-state index contributed by atoms with van der Waals surface area (Å²) in [5, 5.41) is 9.61. The van der Waals surface area contributed by atoms with Crippen LogP contribution in [0.5, 0.6) is 0 Å². The fourth-order valence-electron chi connectivity index (χ4n) is 2.55. The van der Waals surface area contributed by atoms with Crippen molar-refractivity contribution < 1.29 is 5.11 Å². The summed E-state index contributed by atoms with van der Waals surface area (Å²) in [7, 11) is 0. The maximum absolute atomic E-state index is 9.61. The zero-order chi connectivity index (χ0) is 8.44. The molecule has 0 aromatic rings. The molecule has 1 heterocycles. The van der Waals surface area contributed by atoms with Crippen LogP contribution < -0.4 is 0 Å². The lowest BCUT2D eigenvalue weighted by Crippen LogP contribution is -2.36. The first-order valence-corrected chi connectivity index (χ1v) is 6.11. The number of hydrogen-bond donors (Lipinski definition) is 1. The van der Waals surface area contributed by atoms with Crippen molar-refractivity contribution in [2.24, 2.45) is 0 Å². The molecule has 70 valence electrons. The maximum Gasteiger partial charge on any atom is 0.0561 e. The van der Waals surface area contributed by atoms with Crippen LogP contribution in [0.3, 0.4) is 0 Å². The molecule has 1 N–H and O–H groups in total. The van der Waals surface area contributed by atoms with E-state index in [0.717, 1.165) is 12.8 Å². The van der Waals surface area contributed by atoms with E-state index in [9.17, 15) is 5.11 Å². The molecule has 0 aromatic heterocycles. The molecule has 1 aliphatic heterocycles. The molecule has 2 aliphatic rings. The van der Waals surface area contributed by atoms with Gasteiger partial charge in [0.05, 0.1) is 6.10 Å². The van der Waals surface area contributed by atoms with E-state index in [-0.39, 0.29) is 6.10 Å². The molecule has 2 rings (SSSR count). The molecule has 1 aliphatic carbocycles. The van der Waals surface area contributed by atoms with E-state index in [1.807, 2.05) is 0 Å². The molecule has 0 bridgehead atoms. The predicted octanol–water partition coefficient (Wildman–Crippen LogP) is 2.58. The highest BCUT2D eigenvalue weighted by molar-refractivity contribution is 8.00. The lowest BCUT2D eigenvalue weighted by molar-refractivity contribution is 0.131. The van der Waals surface area contributed by atoms with Crippen LogP contribution in [0.1, 0.15) is 44.9 Å². The van der Waals surface area contributed by atoms with Crippen molar-refractivity contribution in [3.63, 3.8) is 0 Å². The Labute approximate surface area is 78.9 Å². The van der Waals surface area contributed by atoms with E-state index in [2.05, 4.69) is 11.8 Å². The highest BCUT2D eigenvalue weighted by Gasteiger charge is 2.37. The second kappa shape index (κ2) is 3.59. The third-order valence-corrected chi connectivity index (χ3v) is 4.86. The standard InChI is InChI=1S/C10H18OS/c11-9-4-7-12-10(8-9)5-2-1-3-6-10/h9,11H,1-8H2. The van der Waals surface area contributed by atoms with E-state index < -0.39 is 0 Å². The van der Waals surface area contributed by atoms with Gasteiger partial charge < -0.3 is 5.11 Å². The van der Waals surface area contributed by atoms with Crippen molar-refractivity contribution in [2.45, 2.75) is 55.8 Å². The second-order valence-electron chi connectivity index (χ2n) is 4.24. The van der Waals surface area contributed by atoms with E-state index >= 15 is 0 Å². The topological polar surface area (TPSA) is 20.2 Å². The van der Waals surface area contributed by atoms with Crippen molar-refractivity contribution >= 4 is 11.8 Å². The molecular weight excluding hydrogens is 168 g/mol. The molecule has 2 fully saturated rings. The molecule has 0 amide bonds. The van der Waals surface area contributed by atoms with Crippen molar-refractivity contribution in [1.82, 2.24) is 0 Å². The monoisotopic (exact) mass is 186 g/mol. The van der Waals surface area contributed by atoms with Gasteiger partial charge in [-0.15, -0.1) is 0 Å². The van der Waals surface area contributed by atoms with Crippen LogP contribution in [0.25, 0.3) is 0 Å². The van der Waals surface area contributed by atoms with Crippen molar-refractivity contribution in [3.05, 3.63) is 0 Å². The molecular formula is C10H18OS. The highest BCUT2D eigenvalue weighted by Crippen LogP contribution is 2.46. The summed E-state index contributed by atoms with van der Waals surface area (Å²) in [5.74, 6) is 1.18. The van der Waals surface area contributed by atoms with E-state index in [4.69, 9.17) is 0 Å². The number of aliphatic hydroxyl groups is 1. The Hall–Kier alpha value is 0.310. The van der Waals surface area contributed by atoms with Crippen LogP contribution in [0.4, 0.5) is 0 Å². The van der Waals surface area contributed by atoms with Gasteiger partial charge in [-0.25, -0.2) is 0 Å². The minimum absolute atomic E-state index is 0.00403. The van der Waals surface area contributed by atoms with E-state index in [0.29, 0.717) is 4.75 Å². The largest absolute Gasteiger partial charge is 0.393 e. The number of thioether (sulfide) groups is 1. The molecule has 1 saturated carbocycles. The van der Waals surface area contributed by atoms with Crippen molar-refractivity contribution in [1.29, 1.82) is 0 Å². The average Bonchev–Trinajstić information content (AvgIpc) is 2.05. The van der Waals surface area contributed by atoms with Crippen LogP contribution in [0.2, 0.25) is 0 Å². The SMILES string of the molecule is OC1CCSC2(CCCCC2)C1. The van der Waals surface area contributed by atoms with Gasteiger partial charge in [-0.05, 0) is 31.4 Å². The molecule has 2 heteroatoms. The number of aliphatic hydroxyl groups excluding tert-OH is 1. The third kappa shape index (κ3) is 1.80. The first-order valence-electron chi connectivity index (χ1n) is 5.13. The van der Waals surface area contributed by atoms with Gasteiger partial charge >= 0.3 is 0 Å². The molecule has 1 spiro atoms. The third-order valence-electron chi connectivity index (χ3n) is 3.23. The van der Waals surface area contributed by atoms with Gasteiger partial charge in [0.15, 0.2) is 0 Å². The Morgan fingerprint density at radius 1 is 1.17 bits per heavy atom. The lowest BCUT2D eigenvalue weighted by Gasteiger charge is -2.41. The molecule has 1 atom stereocenters. The Kier molecular flexibility index (Phi) is 2.66. The van der Waals surface area contributed by atoms with Gasteiger partial charge in [-0.1, -0.05) is 19.3 Å². The Morgan fingerprint density at radius 3 is 2.58 bits per heavy atom. The van der Waals surface area contributed by atoms with Gasteiger partial charge in [0.1, 0.15) is 0 Å². The summed E-state index contributed by atoms with van der Waals surface area (Å²) in [4.78, 5) is 0. The van der Waals surface area contributed by atoms with Crippen LogP contribution in [-0.4, -0.2) is 21.7 Å². The zero-order valence-electron chi connectivity index (χ0n) is 7.59. The summed E-state index contributed by atoms with van der Waals surface area (Å²) in [6, 6.07) is 0. The van der Waals surface area contributed by atoms with Crippen LogP contribution >= 0.6 is 11.8 Å². The first kappa shape index (κ1) is 8.89. The molecule has 12 heavy (non-hydrogen) atoms. The maximum atomic E-state index is 9.61. The van der Waals surface area contributed by atoms with E-state index in [1.54, 1.807) is 0 Å². The molecule has 1 unspecified atom stereocenters. The minimum atomic E-state index is 0.00403. The van der Waals surface area contributed by atoms with Gasteiger partial charge in [-0.3, -0.25) is 0 Å². The quantitative estimate of drug-likeness (QED) is 0.627. The summed E-state index contributed by atoms with van der Waals surface area (Å²) >= 11 is 2.13.